The molecule has 0 atom stereocenters. The van der Waals surface area contributed by atoms with Crippen molar-refractivity contribution in [1.82, 2.24) is 0 Å². The minimum absolute atomic E-state index is 0.246. The Bertz CT molecular complexity index is 668. The van der Waals surface area contributed by atoms with Crippen LogP contribution in [0.1, 0.15) is 0 Å². The summed E-state index contributed by atoms with van der Waals surface area (Å²) in [4.78, 5) is -0.309. The highest BCUT2D eigenvalue weighted by molar-refractivity contribution is 8.04. The number of benzene rings is 1. The summed E-state index contributed by atoms with van der Waals surface area (Å²) in [5.74, 6) is 1.10. The van der Waals surface area contributed by atoms with Crippen LogP contribution in [0.15, 0.2) is 28.1 Å². The van der Waals surface area contributed by atoms with Crippen molar-refractivity contribution in [2.24, 2.45) is 0 Å². The SMILES string of the molecule is COc1cc(NC(SC)=C(C#N)S(C)(=O)=O)cc(OC)c1. The molecule has 6 nitrogen and oxygen atoms in total. The molecule has 0 fully saturated rings. The summed E-state index contributed by atoms with van der Waals surface area (Å²) >= 11 is 1.14. The Kier molecular flexibility index (Phi) is 5.93. The lowest BCUT2D eigenvalue weighted by atomic mass is 10.3. The number of hydrogen-bond donors (Lipinski definition) is 1. The fourth-order valence-electron chi connectivity index (χ4n) is 1.51. The van der Waals surface area contributed by atoms with E-state index in [9.17, 15) is 8.42 Å². The molecule has 0 spiro atoms. The van der Waals surface area contributed by atoms with Crippen LogP contribution in [0, 0.1) is 11.3 Å². The van der Waals surface area contributed by atoms with Gasteiger partial charge >= 0.3 is 0 Å². The normalized spacial score (nSPS) is 12.1. The van der Waals surface area contributed by atoms with Gasteiger partial charge in [0.05, 0.1) is 14.2 Å². The van der Waals surface area contributed by atoms with Crippen molar-refractivity contribution >= 4 is 27.3 Å². The number of allylic oxidation sites excluding steroid dienone is 1. The van der Waals surface area contributed by atoms with E-state index in [-0.39, 0.29) is 9.93 Å². The molecule has 0 saturated heterocycles. The van der Waals surface area contributed by atoms with Crippen molar-refractivity contribution in [2.75, 3.05) is 32.0 Å². The second-order valence-corrected chi connectivity index (χ2v) is 6.74. The van der Waals surface area contributed by atoms with Crippen LogP contribution in [-0.4, -0.2) is 35.1 Å². The van der Waals surface area contributed by atoms with E-state index in [1.807, 2.05) is 0 Å². The highest BCUT2D eigenvalue weighted by atomic mass is 32.2. The largest absolute Gasteiger partial charge is 0.497 e. The van der Waals surface area contributed by atoms with Gasteiger partial charge in [0.25, 0.3) is 0 Å². The summed E-state index contributed by atoms with van der Waals surface area (Å²) < 4.78 is 33.5. The minimum Gasteiger partial charge on any atom is -0.497 e. The third kappa shape index (κ3) is 4.58. The first-order chi connectivity index (χ1) is 9.85. The summed E-state index contributed by atoms with van der Waals surface area (Å²) in [6, 6.07) is 6.76. The zero-order valence-corrected chi connectivity index (χ0v) is 13.8. The number of nitrogens with one attached hydrogen (secondary N) is 1. The van der Waals surface area contributed by atoms with E-state index in [0.29, 0.717) is 17.2 Å². The van der Waals surface area contributed by atoms with Gasteiger partial charge in [0.1, 0.15) is 22.6 Å². The van der Waals surface area contributed by atoms with Gasteiger partial charge < -0.3 is 14.8 Å². The number of nitrogens with zero attached hydrogens (tertiary/aromatic N) is 1. The quantitative estimate of drug-likeness (QED) is 0.801. The van der Waals surface area contributed by atoms with Gasteiger partial charge in [0.2, 0.25) is 0 Å². The molecule has 0 unspecified atom stereocenters. The van der Waals surface area contributed by atoms with Gasteiger partial charge in [0.15, 0.2) is 14.7 Å². The average molecular weight is 328 g/mol. The first kappa shape index (κ1) is 17.2. The summed E-state index contributed by atoms with van der Waals surface area (Å²) in [5.41, 5.74) is 0.562. The first-order valence-electron chi connectivity index (χ1n) is 5.74. The Morgan fingerprint density at radius 3 is 2.10 bits per heavy atom. The minimum atomic E-state index is -3.61. The third-order valence-corrected chi connectivity index (χ3v) is 4.37. The molecule has 0 aromatic heterocycles. The van der Waals surface area contributed by atoms with E-state index in [4.69, 9.17) is 14.7 Å². The van der Waals surface area contributed by atoms with Gasteiger partial charge in [0, 0.05) is 30.1 Å². The molecule has 1 rings (SSSR count). The molecular formula is C13H16N2O4S2. The summed E-state index contributed by atoms with van der Waals surface area (Å²) in [7, 11) is -0.575. The molecule has 0 aliphatic rings. The van der Waals surface area contributed by atoms with E-state index in [2.05, 4.69) is 5.32 Å². The van der Waals surface area contributed by atoms with E-state index in [1.165, 1.54) is 14.2 Å². The molecule has 114 valence electrons. The molecule has 0 amide bonds. The monoisotopic (exact) mass is 328 g/mol. The molecular weight excluding hydrogens is 312 g/mol. The topological polar surface area (TPSA) is 88.4 Å². The molecule has 1 N–H and O–H groups in total. The van der Waals surface area contributed by atoms with Crippen LogP contribution in [0.2, 0.25) is 0 Å². The number of nitriles is 1. The molecule has 0 bridgehead atoms. The van der Waals surface area contributed by atoms with Crippen LogP contribution in [0.25, 0.3) is 0 Å². The van der Waals surface area contributed by atoms with Crippen molar-refractivity contribution in [2.45, 2.75) is 0 Å². The summed E-state index contributed by atoms with van der Waals surface area (Å²) in [6.07, 6.45) is 2.68. The van der Waals surface area contributed by atoms with Gasteiger partial charge in [-0.1, -0.05) is 0 Å². The molecule has 0 saturated carbocycles. The number of thioether (sulfide) groups is 1. The lowest BCUT2D eigenvalue weighted by Gasteiger charge is -2.13. The van der Waals surface area contributed by atoms with Crippen LogP contribution in [0.5, 0.6) is 11.5 Å². The molecule has 21 heavy (non-hydrogen) atoms. The Hall–Kier alpha value is -1.85. The van der Waals surface area contributed by atoms with Crippen LogP contribution < -0.4 is 14.8 Å². The van der Waals surface area contributed by atoms with Crippen LogP contribution in [-0.2, 0) is 9.84 Å². The van der Waals surface area contributed by atoms with E-state index in [1.54, 1.807) is 30.5 Å². The maximum absolute atomic E-state index is 11.6. The van der Waals surface area contributed by atoms with Crippen molar-refractivity contribution in [1.29, 1.82) is 5.26 Å². The average Bonchev–Trinajstić information content (AvgIpc) is 2.44. The van der Waals surface area contributed by atoms with Crippen LogP contribution >= 0.6 is 11.8 Å². The number of hydrogen-bond acceptors (Lipinski definition) is 7. The number of rotatable bonds is 6. The molecule has 0 aliphatic carbocycles. The van der Waals surface area contributed by atoms with Crippen molar-refractivity contribution in [3.8, 4) is 17.6 Å². The predicted octanol–water partition coefficient (Wildman–Crippen LogP) is 2.22. The molecule has 1 aromatic carbocycles. The molecule has 1 aromatic rings. The Morgan fingerprint density at radius 2 is 1.76 bits per heavy atom. The second-order valence-electron chi connectivity index (χ2n) is 3.97. The van der Waals surface area contributed by atoms with Crippen LogP contribution in [0.4, 0.5) is 5.69 Å². The third-order valence-electron chi connectivity index (χ3n) is 2.49. The van der Waals surface area contributed by atoms with Gasteiger partial charge in [-0.3, -0.25) is 0 Å². The van der Waals surface area contributed by atoms with Gasteiger partial charge in [-0.05, 0) is 6.26 Å². The Balaban J connectivity index is 3.31. The highest BCUT2D eigenvalue weighted by Crippen LogP contribution is 2.29. The molecule has 8 heteroatoms. The number of anilines is 1. The van der Waals surface area contributed by atoms with Gasteiger partial charge in [-0.15, -0.1) is 11.8 Å². The van der Waals surface area contributed by atoms with E-state index >= 15 is 0 Å². The second kappa shape index (κ2) is 7.24. The predicted molar refractivity (Wildman–Crippen MR) is 84.2 cm³/mol. The van der Waals surface area contributed by atoms with Crippen molar-refractivity contribution < 1.29 is 17.9 Å². The van der Waals surface area contributed by atoms with Crippen molar-refractivity contribution in [3.63, 3.8) is 0 Å². The number of methoxy groups -OCH3 is 2. The summed E-state index contributed by atoms with van der Waals surface area (Å²) in [5, 5.41) is 12.2. The standard InChI is InChI=1S/C13H16N2O4S2/c1-18-10-5-9(6-11(7-10)19-2)15-13(20-3)12(8-14)21(4,16)17/h5-7,15H,1-4H3. The summed E-state index contributed by atoms with van der Waals surface area (Å²) in [6.45, 7) is 0. The molecule has 0 radical (unpaired) electrons. The number of sulfone groups is 1. The Labute approximate surface area is 128 Å². The zero-order valence-electron chi connectivity index (χ0n) is 12.1. The zero-order chi connectivity index (χ0) is 16.0. The maximum atomic E-state index is 11.6. The van der Waals surface area contributed by atoms with E-state index < -0.39 is 9.84 Å². The fraction of sp³-hybridized carbons (Fsp3) is 0.308. The lowest BCUT2D eigenvalue weighted by Crippen LogP contribution is -2.07. The van der Waals surface area contributed by atoms with Crippen LogP contribution in [0.3, 0.4) is 0 Å². The van der Waals surface area contributed by atoms with Gasteiger partial charge in [-0.25, -0.2) is 8.42 Å². The number of ether oxygens (including phenoxy) is 2. The molecule has 0 heterocycles. The fourth-order valence-corrected chi connectivity index (χ4v) is 3.22. The first-order valence-corrected chi connectivity index (χ1v) is 8.85. The molecule has 0 aliphatic heterocycles. The smallest absolute Gasteiger partial charge is 0.188 e. The van der Waals surface area contributed by atoms with Gasteiger partial charge in [-0.2, -0.15) is 5.26 Å². The van der Waals surface area contributed by atoms with Crippen molar-refractivity contribution in [3.05, 3.63) is 28.1 Å². The highest BCUT2D eigenvalue weighted by Gasteiger charge is 2.17. The van der Waals surface area contributed by atoms with E-state index in [0.717, 1.165) is 18.0 Å². The Morgan fingerprint density at radius 1 is 1.24 bits per heavy atom. The lowest BCUT2D eigenvalue weighted by molar-refractivity contribution is 0.395. The maximum Gasteiger partial charge on any atom is 0.188 e.